The summed E-state index contributed by atoms with van der Waals surface area (Å²) in [4.78, 5) is 5.23. The first kappa shape index (κ1) is 22.0. The second-order valence-corrected chi connectivity index (χ2v) is 10.9. The van der Waals surface area contributed by atoms with Gasteiger partial charge in [-0.3, -0.25) is 4.98 Å². The van der Waals surface area contributed by atoms with Gasteiger partial charge >= 0.3 is 0 Å². The van der Waals surface area contributed by atoms with Gasteiger partial charge in [0.05, 0.1) is 17.4 Å². The van der Waals surface area contributed by atoms with Crippen molar-refractivity contribution in [2.45, 2.75) is 76.8 Å². The Labute approximate surface area is 191 Å². The number of aliphatic hydroxyl groups excluding tert-OH is 1. The highest BCUT2D eigenvalue weighted by atomic mass is 16.5. The van der Waals surface area contributed by atoms with Crippen molar-refractivity contribution in [1.82, 2.24) is 4.98 Å². The summed E-state index contributed by atoms with van der Waals surface area (Å²) >= 11 is 0. The van der Waals surface area contributed by atoms with Crippen molar-refractivity contribution in [1.29, 1.82) is 0 Å². The van der Waals surface area contributed by atoms with Crippen molar-refractivity contribution in [3.05, 3.63) is 64.0 Å². The third kappa shape index (κ3) is 3.41. The van der Waals surface area contributed by atoms with E-state index in [1.807, 2.05) is 6.07 Å². The van der Waals surface area contributed by atoms with Crippen molar-refractivity contribution in [3.8, 4) is 0 Å². The standard InChI is InChI=1S/C27H35NO4/c1-25(2)15-18-20(19(29)16-25)22-21(24(28-18)26(3,4)30-5)23(17-9-7-6-8-10-17)32-27(22)11-13-31-14-12-27/h6-10,19,23,29H,11-16H2,1-5H3. The number of hydrogen-bond donors (Lipinski definition) is 1. The van der Waals surface area contributed by atoms with Gasteiger partial charge in [-0.2, -0.15) is 0 Å². The molecular formula is C27H35NO4. The van der Waals surface area contributed by atoms with Gasteiger partial charge in [0.15, 0.2) is 0 Å². The largest absolute Gasteiger partial charge is 0.388 e. The van der Waals surface area contributed by atoms with E-state index in [1.165, 1.54) is 0 Å². The highest BCUT2D eigenvalue weighted by molar-refractivity contribution is 5.54. The molecule has 5 rings (SSSR count). The Kier molecular flexibility index (Phi) is 5.25. The van der Waals surface area contributed by atoms with E-state index in [-0.39, 0.29) is 11.5 Å². The average Bonchev–Trinajstić information content (AvgIpc) is 3.07. The smallest absolute Gasteiger partial charge is 0.111 e. The van der Waals surface area contributed by atoms with Gasteiger partial charge in [0.1, 0.15) is 11.7 Å². The number of ether oxygens (including phenoxy) is 3. The summed E-state index contributed by atoms with van der Waals surface area (Å²) in [6.07, 6.45) is 2.33. The molecule has 2 atom stereocenters. The number of aromatic nitrogens is 1. The summed E-state index contributed by atoms with van der Waals surface area (Å²) in [7, 11) is 1.74. The molecule has 1 aromatic heterocycles. The van der Waals surface area contributed by atoms with E-state index >= 15 is 0 Å². The van der Waals surface area contributed by atoms with Gasteiger partial charge in [-0.1, -0.05) is 44.2 Å². The fourth-order valence-electron chi connectivity index (χ4n) is 5.88. The third-order valence-corrected chi connectivity index (χ3v) is 7.62. The minimum atomic E-state index is -0.585. The van der Waals surface area contributed by atoms with E-state index in [9.17, 15) is 5.11 Å². The molecule has 0 amide bonds. The number of benzene rings is 1. The van der Waals surface area contributed by atoms with Gasteiger partial charge in [0.25, 0.3) is 0 Å². The van der Waals surface area contributed by atoms with E-state index in [0.29, 0.717) is 13.2 Å². The van der Waals surface area contributed by atoms with Crippen molar-refractivity contribution >= 4 is 0 Å². The topological polar surface area (TPSA) is 60.8 Å². The van der Waals surface area contributed by atoms with Crippen molar-refractivity contribution in [2.24, 2.45) is 5.41 Å². The van der Waals surface area contributed by atoms with Crippen LogP contribution in [0.15, 0.2) is 30.3 Å². The molecule has 1 N–H and O–H groups in total. The number of methoxy groups -OCH3 is 1. The van der Waals surface area contributed by atoms with Gasteiger partial charge in [0.2, 0.25) is 0 Å². The number of pyridine rings is 1. The predicted octanol–water partition coefficient (Wildman–Crippen LogP) is 5.09. The summed E-state index contributed by atoms with van der Waals surface area (Å²) < 4.78 is 18.7. The fourth-order valence-corrected chi connectivity index (χ4v) is 5.88. The molecule has 1 spiro atoms. The molecule has 2 aliphatic heterocycles. The number of nitrogens with zero attached hydrogens (tertiary/aromatic N) is 1. The summed E-state index contributed by atoms with van der Waals surface area (Å²) in [6.45, 7) is 9.88. The molecule has 5 nitrogen and oxygen atoms in total. The SMILES string of the molecule is COC(C)(C)c1nc2c(c3c1C(c1ccccc1)OC31CCOCC1)C(O)CC(C)(C)C2. The summed E-state index contributed by atoms with van der Waals surface area (Å²) in [5, 5.41) is 11.4. The van der Waals surface area contributed by atoms with Gasteiger partial charge in [-0.25, -0.2) is 0 Å². The van der Waals surface area contributed by atoms with Crippen LogP contribution in [-0.4, -0.2) is 30.4 Å². The van der Waals surface area contributed by atoms with Crippen LogP contribution in [0.1, 0.15) is 92.8 Å². The number of hydrogen-bond acceptors (Lipinski definition) is 5. The molecule has 2 aromatic rings. The fraction of sp³-hybridized carbons (Fsp3) is 0.593. The first-order chi connectivity index (χ1) is 15.2. The van der Waals surface area contributed by atoms with Crippen LogP contribution in [-0.2, 0) is 31.8 Å². The van der Waals surface area contributed by atoms with Crippen LogP contribution in [0.3, 0.4) is 0 Å². The Morgan fingerprint density at radius 1 is 1.09 bits per heavy atom. The van der Waals surface area contributed by atoms with Crippen LogP contribution < -0.4 is 0 Å². The quantitative estimate of drug-likeness (QED) is 0.724. The lowest BCUT2D eigenvalue weighted by molar-refractivity contribution is -0.122. The first-order valence-electron chi connectivity index (χ1n) is 11.8. The number of aliphatic hydroxyl groups is 1. The van der Waals surface area contributed by atoms with Crippen LogP contribution in [0.4, 0.5) is 0 Å². The average molecular weight is 438 g/mol. The molecule has 1 fully saturated rings. The molecule has 3 aliphatic rings. The molecule has 0 radical (unpaired) electrons. The van der Waals surface area contributed by atoms with Crippen molar-refractivity contribution < 1.29 is 19.3 Å². The Morgan fingerprint density at radius 3 is 2.44 bits per heavy atom. The minimum Gasteiger partial charge on any atom is -0.388 e. The Hall–Kier alpha value is -1.79. The monoisotopic (exact) mass is 437 g/mol. The molecular weight excluding hydrogens is 402 g/mol. The number of fused-ring (bicyclic) bond motifs is 4. The zero-order valence-corrected chi connectivity index (χ0v) is 19.9. The van der Waals surface area contributed by atoms with Gasteiger partial charge < -0.3 is 19.3 Å². The lowest BCUT2D eigenvalue weighted by atomic mass is 9.69. The van der Waals surface area contributed by atoms with E-state index in [1.54, 1.807) is 7.11 Å². The predicted molar refractivity (Wildman–Crippen MR) is 122 cm³/mol. The Morgan fingerprint density at radius 2 is 1.78 bits per heavy atom. The maximum Gasteiger partial charge on any atom is 0.111 e. The number of rotatable bonds is 3. The molecule has 1 saturated heterocycles. The van der Waals surface area contributed by atoms with Crippen molar-refractivity contribution in [2.75, 3.05) is 20.3 Å². The zero-order chi connectivity index (χ0) is 22.7. The van der Waals surface area contributed by atoms with E-state index in [2.05, 4.69) is 52.0 Å². The van der Waals surface area contributed by atoms with E-state index < -0.39 is 17.3 Å². The molecule has 1 aliphatic carbocycles. The molecule has 5 heteroatoms. The third-order valence-electron chi connectivity index (χ3n) is 7.62. The highest BCUT2D eigenvalue weighted by Crippen LogP contribution is 2.58. The summed E-state index contributed by atoms with van der Waals surface area (Å²) in [5.41, 5.74) is 5.20. The molecule has 172 valence electrons. The second kappa shape index (κ2) is 7.63. The summed E-state index contributed by atoms with van der Waals surface area (Å²) in [6, 6.07) is 10.4. The van der Waals surface area contributed by atoms with Crippen molar-refractivity contribution in [3.63, 3.8) is 0 Å². The summed E-state index contributed by atoms with van der Waals surface area (Å²) in [5.74, 6) is 0. The lowest BCUT2D eigenvalue weighted by Gasteiger charge is -2.40. The molecule has 0 saturated carbocycles. The normalized spacial score (nSPS) is 26.1. The van der Waals surface area contributed by atoms with Crippen LogP contribution in [0.25, 0.3) is 0 Å². The maximum absolute atomic E-state index is 11.4. The lowest BCUT2D eigenvalue weighted by Crippen LogP contribution is -2.37. The Balaban J connectivity index is 1.84. The Bertz CT molecular complexity index is 1010. The molecule has 0 bridgehead atoms. The van der Waals surface area contributed by atoms with Gasteiger partial charge in [-0.05, 0) is 43.2 Å². The van der Waals surface area contributed by atoms with E-state index in [4.69, 9.17) is 19.2 Å². The highest BCUT2D eigenvalue weighted by Gasteiger charge is 2.53. The van der Waals surface area contributed by atoms with Crippen LogP contribution in [0.5, 0.6) is 0 Å². The van der Waals surface area contributed by atoms with Gasteiger partial charge in [-0.15, -0.1) is 0 Å². The second-order valence-electron chi connectivity index (χ2n) is 10.9. The first-order valence-corrected chi connectivity index (χ1v) is 11.8. The minimum absolute atomic E-state index is 0.0106. The van der Waals surface area contributed by atoms with Crippen LogP contribution >= 0.6 is 0 Å². The molecule has 32 heavy (non-hydrogen) atoms. The van der Waals surface area contributed by atoms with Crippen LogP contribution in [0, 0.1) is 5.41 Å². The van der Waals surface area contributed by atoms with Crippen LogP contribution in [0.2, 0.25) is 0 Å². The van der Waals surface area contributed by atoms with Gasteiger partial charge in [0, 0.05) is 50.0 Å². The maximum atomic E-state index is 11.4. The molecule has 3 heterocycles. The van der Waals surface area contributed by atoms with E-state index in [0.717, 1.165) is 59.3 Å². The molecule has 2 unspecified atom stereocenters. The molecule has 1 aromatic carbocycles. The zero-order valence-electron chi connectivity index (χ0n) is 19.9.